The number of rotatable bonds is 6. The molecule has 0 aliphatic carbocycles. The third-order valence-electron chi connectivity index (χ3n) is 7.13. The first-order chi connectivity index (χ1) is 17.3. The number of aromatic nitrogens is 3. The van der Waals surface area contributed by atoms with Gasteiger partial charge in [0.15, 0.2) is 5.13 Å². The zero-order valence-electron chi connectivity index (χ0n) is 19.6. The molecular weight excluding hydrogens is 520 g/mol. The van der Waals surface area contributed by atoms with Crippen LogP contribution in [0.1, 0.15) is 30.6 Å². The minimum atomic E-state index is -3.55. The van der Waals surface area contributed by atoms with Gasteiger partial charge in [-0.05, 0) is 50.8 Å². The number of halogens is 1. The number of hydrogen-bond acceptors (Lipinski definition) is 9. The number of nitrogens with one attached hydrogen (secondary N) is 2. The van der Waals surface area contributed by atoms with Crippen LogP contribution in [0, 0.1) is 24.2 Å². The molecule has 188 valence electrons. The summed E-state index contributed by atoms with van der Waals surface area (Å²) in [5, 5.41) is 18.0. The van der Waals surface area contributed by atoms with Gasteiger partial charge in [-0.15, -0.1) is 11.3 Å². The first-order valence-electron chi connectivity index (χ1n) is 11.9. The molecule has 2 aromatic heterocycles. The summed E-state index contributed by atoms with van der Waals surface area (Å²) in [6.07, 6.45) is 4.84. The van der Waals surface area contributed by atoms with Crippen LogP contribution in [0.3, 0.4) is 0 Å². The smallest absolute Gasteiger partial charge is 0.282 e. The summed E-state index contributed by atoms with van der Waals surface area (Å²) in [4.78, 5) is 15.0. The molecule has 2 bridgehead atoms. The average Bonchev–Trinajstić information content (AvgIpc) is 3.33. The van der Waals surface area contributed by atoms with Gasteiger partial charge in [0.05, 0.1) is 17.5 Å². The summed E-state index contributed by atoms with van der Waals surface area (Å²) in [6, 6.07) is 7.56. The van der Waals surface area contributed by atoms with E-state index in [1.54, 1.807) is 15.6 Å². The topological polar surface area (TPSA) is 127 Å². The molecule has 10 nitrogen and oxygen atoms in total. The van der Waals surface area contributed by atoms with Crippen molar-refractivity contribution in [1.29, 1.82) is 5.26 Å². The Morgan fingerprint density at radius 3 is 2.61 bits per heavy atom. The van der Waals surface area contributed by atoms with E-state index in [1.807, 2.05) is 31.3 Å². The summed E-state index contributed by atoms with van der Waals surface area (Å²) in [5.74, 6) is 0.911. The van der Waals surface area contributed by atoms with Gasteiger partial charge >= 0.3 is 0 Å². The van der Waals surface area contributed by atoms with E-state index in [9.17, 15) is 8.42 Å². The number of nitrogens with zero attached hydrogens (tertiary/aromatic N) is 6. The molecule has 13 heteroatoms. The van der Waals surface area contributed by atoms with Crippen molar-refractivity contribution < 1.29 is 8.42 Å². The highest BCUT2D eigenvalue weighted by molar-refractivity contribution is 7.86. The van der Waals surface area contributed by atoms with Gasteiger partial charge in [0.25, 0.3) is 10.2 Å². The Balaban J connectivity index is 1.23. The number of benzene rings is 1. The third kappa shape index (κ3) is 4.29. The van der Waals surface area contributed by atoms with Crippen molar-refractivity contribution in [2.45, 2.75) is 50.7 Å². The summed E-state index contributed by atoms with van der Waals surface area (Å²) in [7, 11) is -3.55. The fraction of sp³-hybridized carbons (Fsp3) is 0.478. The second-order valence-electron chi connectivity index (χ2n) is 9.64. The van der Waals surface area contributed by atoms with E-state index in [4.69, 9.17) is 26.8 Å². The van der Waals surface area contributed by atoms with E-state index >= 15 is 0 Å². The molecule has 36 heavy (non-hydrogen) atoms. The Bertz CT molecular complexity index is 1450. The Hall–Kier alpha value is -2.56. The molecule has 0 radical (unpaired) electrons. The lowest BCUT2D eigenvalue weighted by Gasteiger charge is -2.43. The van der Waals surface area contributed by atoms with E-state index in [1.165, 1.54) is 4.31 Å². The van der Waals surface area contributed by atoms with E-state index in [0.29, 0.717) is 48.2 Å². The van der Waals surface area contributed by atoms with Gasteiger partial charge in [-0.3, -0.25) is 0 Å². The molecule has 1 unspecified atom stereocenters. The predicted octanol–water partition coefficient (Wildman–Crippen LogP) is 3.90. The number of hydrogen-bond donors (Lipinski definition) is 2. The lowest BCUT2D eigenvalue weighted by Crippen LogP contribution is -2.59. The van der Waals surface area contributed by atoms with Crippen LogP contribution in [0.15, 0.2) is 24.4 Å². The van der Waals surface area contributed by atoms with Crippen LogP contribution in [0.4, 0.5) is 16.9 Å². The van der Waals surface area contributed by atoms with Crippen LogP contribution in [-0.2, 0) is 10.2 Å². The zero-order valence-corrected chi connectivity index (χ0v) is 21.9. The summed E-state index contributed by atoms with van der Waals surface area (Å²) in [5.41, 5.74) is 0.712. The van der Waals surface area contributed by atoms with Gasteiger partial charge in [-0.2, -0.15) is 27.3 Å². The minimum absolute atomic E-state index is 0.0452. The monoisotopic (exact) mass is 544 g/mol. The van der Waals surface area contributed by atoms with Crippen LogP contribution >= 0.6 is 22.9 Å². The van der Waals surface area contributed by atoms with Crippen LogP contribution < -0.4 is 10.6 Å². The van der Waals surface area contributed by atoms with Gasteiger partial charge in [-0.25, -0.2) is 9.97 Å². The van der Waals surface area contributed by atoms with E-state index < -0.39 is 10.2 Å². The number of anilines is 3. The molecular formula is C23H25ClN8O2S2. The van der Waals surface area contributed by atoms with Gasteiger partial charge in [0.2, 0.25) is 5.95 Å². The molecule has 3 aromatic rings. The number of piperidine rings is 1. The van der Waals surface area contributed by atoms with E-state index in [-0.39, 0.29) is 24.0 Å². The highest BCUT2D eigenvalue weighted by Crippen LogP contribution is 2.41. The summed E-state index contributed by atoms with van der Waals surface area (Å²) < 4.78 is 29.6. The molecule has 3 fully saturated rings. The van der Waals surface area contributed by atoms with Crippen molar-refractivity contribution in [1.82, 2.24) is 23.6 Å². The fourth-order valence-electron chi connectivity index (χ4n) is 5.43. The van der Waals surface area contributed by atoms with Crippen molar-refractivity contribution >= 4 is 60.9 Å². The molecule has 3 atom stereocenters. The molecule has 5 heterocycles. The van der Waals surface area contributed by atoms with Crippen LogP contribution in [-0.4, -0.2) is 63.2 Å². The SMILES string of the molecule is Cc1cnc(Nc2nc(NC3C[C@H]4CC[C@@H](C3)N4S(=O)(=O)N3CC(C#N)C3)nc3cc(Cl)ccc23)s1. The second-order valence-corrected chi connectivity index (χ2v) is 13.1. The van der Waals surface area contributed by atoms with Crippen LogP contribution in [0.25, 0.3) is 10.9 Å². The molecule has 0 amide bonds. The number of aryl methyl sites for hydroxylation is 1. The molecule has 2 N–H and O–H groups in total. The lowest BCUT2D eigenvalue weighted by molar-refractivity contribution is 0.182. The minimum Gasteiger partial charge on any atom is -0.351 e. The molecule has 0 spiro atoms. The summed E-state index contributed by atoms with van der Waals surface area (Å²) in [6.45, 7) is 2.58. The number of thiazole rings is 1. The summed E-state index contributed by atoms with van der Waals surface area (Å²) >= 11 is 7.79. The molecule has 6 rings (SSSR count). The standard InChI is InChI=1S/C23H25ClN8O2S2/c1-13-10-26-23(35-13)30-21-19-5-2-15(24)6-20(19)28-22(29-21)27-16-7-17-3-4-18(8-16)32(17)36(33,34)31-11-14(9-25)12-31/h2,5-6,10,14,16-18H,3-4,7-8,11-12H2,1H3,(H2,26,27,28,29,30)/t16?,17-,18+. The van der Waals surface area contributed by atoms with Crippen molar-refractivity contribution in [3.8, 4) is 6.07 Å². The molecule has 3 saturated heterocycles. The quantitative estimate of drug-likeness (QED) is 0.478. The maximum absolute atomic E-state index is 13.2. The molecule has 3 aliphatic heterocycles. The molecule has 0 saturated carbocycles. The maximum Gasteiger partial charge on any atom is 0.282 e. The normalized spacial score (nSPS) is 25.0. The first kappa shape index (κ1) is 23.8. The average molecular weight is 545 g/mol. The Labute approximate surface area is 218 Å². The van der Waals surface area contributed by atoms with E-state index in [0.717, 1.165) is 28.2 Å². The Morgan fingerprint density at radius 1 is 1.19 bits per heavy atom. The highest BCUT2D eigenvalue weighted by atomic mass is 35.5. The van der Waals surface area contributed by atoms with Crippen molar-refractivity contribution in [2.24, 2.45) is 5.92 Å². The zero-order chi connectivity index (χ0) is 25.0. The number of fused-ring (bicyclic) bond motifs is 3. The lowest BCUT2D eigenvalue weighted by atomic mass is 10.00. The third-order valence-corrected chi connectivity index (χ3v) is 10.3. The van der Waals surface area contributed by atoms with Crippen molar-refractivity contribution in [2.75, 3.05) is 23.7 Å². The van der Waals surface area contributed by atoms with Gasteiger partial charge in [-0.1, -0.05) is 11.6 Å². The van der Waals surface area contributed by atoms with Crippen LogP contribution in [0.5, 0.6) is 0 Å². The van der Waals surface area contributed by atoms with Gasteiger partial charge < -0.3 is 10.6 Å². The van der Waals surface area contributed by atoms with Crippen molar-refractivity contribution in [3.63, 3.8) is 0 Å². The second kappa shape index (κ2) is 9.08. The highest BCUT2D eigenvalue weighted by Gasteiger charge is 2.51. The van der Waals surface area contributed by atoms with E-state index in [2.05, 4.69) is 21.7 Å². The predicted molar refractivity (Wildman–Crippen MR) is 140 cm³/mol. The Kier molecular flexibility index (Phi) is 6.00. The molecule has 3 aliphatic rings. The maximum atomic E-state index is 13.2. The van der Waals surface area contributed by atoms with Crippen molar-refractivity contribution in [3.05, 3.63) is 34.3 Å². The fourth-order valence-corrected chi connectivity index (χ4v) is 8.40. The molecule has 1 aromatic carbocycles. The Morgan fingerprint density at radius 2 is 1.94 bits per heavy atom. The van der Waals surface area contributed by atoms with Gasteiger partial charge in [0, 0.05) is 52.7 Å². The number of nitriles is 1. The van der Waals surface area contributed by atoms with Crippen LogP contribution in [0.2, 0.25) is 5.02 Å². The first-order valence-corrected chi connectivity index (χ1v) is 14.5. The van der Waals surface area contributed by atoms with Gasteiger partial charge in [0.1, 0.15) is 5.82 Å². The largest absolute Gasteiger partial charge is 0.351 e.